The molecule has 0 rings (SSSR count). The second-order valence-corrected chi connectivity index (χ2v) is 2.23. The lowest BCUT2D eigenvalue weighted by atomic mass is 10.3. The molecule has 0 aromatic rings. The van der Waals surface area contributed by atoms with Gasteiger partial charge in [-0.2, -0.15) is 22.0 Å². The first kappa shape index (κ1) is 13.5. The second kappa shape index (κ2) is 4.82. The van der Waals surface area contributed by atoms with Gasteiger partial charge in [0.1, 0.15) is 0 Å². The predicted octanol–water partition coefficient (Wildman–Crippen LogP) is 1.97. The number of rotatable bonds is 3. The maximum absolute atomic E-state index is 12.1. The van der Waals surface area contributed by atoms with E-state index < -0.39 is 31.5 Å². The first-order valence-corrected chi connectivity index (χ1v) is 3.38. The number of hydrogen-bond donors (Lipinski definition) is 0. The average molecular weight is 232 g/mol. The van der Waals surface area contributed by atoms with E-state index in [1.165, 1.54) is 0 Å². The van der Waals surface area contributed by atoms with Gasteiger partial charge in [-0.15, -0.1) is 6.42 Å². The van der Waals surface area contributed by atoms with Gasteiger partial charge in [0.25, 0.3) is 0 Å². The minimum absolute atomic E-state index is 0.573. The van der Waals surface area contributed by atoms with Crippen molar-refractivity contribution in [2.75, 3.05) is 13.2 Å². The van der Waals surface area contributed by atoms with Gasteiger partial charge in [-0.25, -0.2) is 4.79 Å². The van der Waals surface area contributed by atoms with Crippen molar-refractivity contribution in [1.82, 2.24) is 0 Å². The monoisotopic (exact) mass is 232 g/mol. The molecule has 0 bridgehead atoms. The summed E-state index contributed by atoms with van der Waals surface area (Å²) in [6.07, 6.45) is -2.84. The zero-order chi connectivity index (χ0) is 12.1. The first-order valence-electron chi connectivity index (χ1n) is 3.38. The summed E-state index contributed by atoms with van der Waals surface area (Å²) >= 11 is 0. The van der Waals surface area contributed by atoms with Crippen LogP contribution in [0.1, 0.15) is 0 Å². The predicted molar refractivity (Wildman–Crippen MR) is 37.1 cm³/mol. The van der Waals surface area contributed by atoms with E-state index in [1.807, 2.05) is 0 Å². The van der Waals surface area contributed by atoms with E-state index >= 15 is 0 Å². The zero-order valence-corrected chi connectivity index (χ0v) is 7.11. The van der Waals surface area contributed by atoms with Crippen LogP contribution in [0.5, 0.6) is 0 Å². The Bertz CT molecular complexity index is 265. The number of terminal acetylenes is 1. The van der Waals surface area contributed by atoms with Gasteiger partial charge >= 0.3 is 18.3 Å². The Labute approximate surface area is 81.1 Å². The lowest BCUT2D eigenvalue weighted by Crippen LogP contribution is -2.41. The topological polar surface area (TPSA) is 35.5 Å². The second-order valence-electron chi connectivity index (χ2n) is 2.23. The normalized spacial score (nSPS) is 11.7. The molecule has 0 N–H and O–H groups in total. The van der Waals surface area contributed by atoms with E-state index in [4.69, 9.17) is 0 Å². The minimum atomic E-state index is -5.78. The van der Waals surface area contributed by atoms with Crippen LogP contribution in [0.4, 0.5) is 26.7 Å². The molecule has 0 heterocycles. The van der Waals surface area contributed by atoms with Crippen molar-refractivity contribution >= 4 is 6.16 Å². The summed E-state index contributed by atoms with van der Waals surface area (Å²) in [7, 11) is 0. The molecule has 0 unspecified atom stereocenters. The maximum atomic E-state index is 12.1. The summed E-state index contributed by atoms with van der Waals surface area (Å²) in [4.78, 5) is 10.3. The number of carbonyl (C=O) groups excluding carboxylic acids is 1. The molecule has 0 spiro atoms. The SMILES string of the molecule is C#CCOC(=O)OCC(F)(F)C(F)(F)F. The number of halogens is 5. The molecule has 0 saturated carbocycles. The van der Waals surface area contributed by atoms with E-state index in [0.717, 1.165) is 0 Å². The van der Waals surface area contributed by atoms with Crippen LogP contribution in [-0.4, -0.2) is 31.5 Å². The van der Waals surface area contributed by atoms with Gasteiger partial charge in [0.2, 0.25) is 0 Å². The highest BCUT2D eigenvalue weighted by atomic mass is 19.4. The van der Waals surface area contributed by atoms with Gasteiger partial charge in [-0.05, 0) is 0 Å². The van der Waals surface area contributed by atoms with Crippen LogP contribution in [0.15, 0.2) is 0 Å². The molecule has 0 aromatic heterocycles. The van der Waals surface area contributed by atoms with Gasteiger partial charge in [0.15, 0.2) is 13.2 Å². The summed E-state index contributed by atoms with van der Waals surface area (Å²) < 4.78 is 66.2. The molecule has 86 valence electrons. The fourth-order valence-electron chi connectivity index (χ4n) is 0.374. The van der Waals surface area contributed by atoms with Crippen molar-refractivity contribution < 1.29 is 36.2 Å². The Balaban J connectivity index is 4.06. The fraction of sp³-hybridized carbons (Fsp3) is 0.571. The quantitative estimate of drug-likeness (QED) is 0.424. The van der Waals surface area contributed by atoms with E-state index in [2.05, 4.69) is 15.9 Å². The summed E-state index contributed by atoms with van der Waals surface area (Å²) in [5, 5.41) is 0. The van der Waals surface area contributed by atoms with Crippen molar-refractivity contribution in [3.63, 3.8) is 0 Å². The molecule has 0 saturated heterocycles. The standard InChI is InChI=1S/C7H5F5O3/c1-2-3-14-5(13)15-4-6(8,9)7(10,11)12/h1H,3-4H2. The largest absolute Gasteiger partial charge is 0.509 e. The molecule has 0 aromatic carbocycles. The van der Waals surface area contributed by atoms with Crippen molar-refractivity contribution in [2.45, 2.75) is 12.1 Å². The van der Waals surface area contributed by atoms with Gasteiger partial charge in [-0.1, -0.05) is 5.92 Å². The zero-order valence-electron chi connectivity index (χ0n) is 7.11. The molecule has 0 atom stereocenters. The van der Waals surface area contributed by atoms with Gasteiger partial charge < -0.3 is 9.47 Å². The molecular weight excluding hydrogens is 227 g/mol. The molecule has 3 nitrogen and oxygen atoms in total. The Kier molecular flexibility index (Phi) is 4.33. The van der Waals surface area contributed by atoms with Gasteiger partial charge in [0.05, 0.1) is 0 Å². The molecule has 0 aliphatic carbocycles. The van der Waals surface area contributed by atoms with Gasteiger partial charge in [-0.3, -0.25) is 0 Å². The van der Waals surface area contributed by atoms with Crippen LogP contribution in [0.2, 0.25) is 0 Å². The molecule has 8 heteroatoms. The van der Waals surface area contributed by atoms with E-state index in [1.54, 1.807) is 5.92 Å². The smallest absolute Gasteiger partial charge is 0.427 e. The van der Waals surface area contributed by atoms with Crippen molar-refractivity contribution in [3.05, 3.63) is 0 Å². The third-order valence-electron chi connectivity index (χ3n) is 1.06. The van der Waals surface area contributed by atoms with Crippen LogP contribution in [-0.2, 0) is 9.47 Å². The molecule has 0 aliphatic rings. The van der Waals surface area contributed by atoms with Crippen LogP contribution in [0.3, 0.4) is 0 Å². The lowest BCUT2D eigenvalue weighted by Gasteiger charge is -2.18. The summed E-state index contributed by atoms with van der Waals surface area (Å²) in [6.45, 7) is -2.71. The number of hydrogen-bond acceptors (Lipinski definition) is 3. The Morgan fingerprint density at radius 1 is 1.20 bits per heavy atom. The molecule has 0 amide bonds. The Morgan fingerprint density at radius 2 is 1.73 bits per heavy atom. The van der Waals surface area contributed by atoms with Gasteiger partial charge in [0, 0.05) is 0 Å². The lowest BCUT2D eigenvalue weighted by molar-refractivity contribution is -0.293. The fourth-order valence-corrected chi connectivity index (χ4v) is 0.374. The molecule has 15 heavy (non-hydrogen) atoms. The number of ether oxygens (including phenoxy) is 2. The number of carbonyl (C=O) groups is 1. The third kappa shape index (κ3) is 4.49. The molecule has 0 fully saturated rings. The summed E-state index contributed by atoms with van der Waals surface area (Å²) in [5.74, 6) is -3.32. The van der Waals surface area contributed by atoms with E-state index in [0.29, 0.717) is 0 Å². The maximum Gasteiger partial charge on any atom is 0.509 e. The van der Waals surface area contributed by atoms with Crippen LogP contribution < -0.4 is 0 Å². The van der Waals surface area contributed by atoms with Crippen LogP contribution >= 0.6 is 0 Å². The van der Waals surface area contributed by atoms with E-state index in [9.17, 15) is 26.7 Å². The highest BCUT2D eigenvalue weighted by Gasteiger charge is 2.58. The average Bonchev–Trinajstić information content (AvgIpc) is 2.09. The Morgan fingerprint density at radius 3 is 2.13 bits per heavy atom. The highest BCUT2D eigenvalue weighted by molar-refractivity contribution is 5.60. The third-order valence-corrected chi connectivity index (χ3v) is 1.06. The Hall–Kier alpha value is -1.52. The summed E-state index contributed by atoms with van der Waals surface area (Å²) in [6, 6.07) is 0. The molecule has 0 aliphatic heterocycles. The van der Waals surface area contributed by atoms with E-state index in [-0.39, 0.29) is 0 Å². The molecular formula is C7H5F5O3. The summed E-state index contributed by atoms with van der Waals surface area (Å²) in [5.41, 5.74) is 0. The van der Waals surface area contributed by atoms with Crippen LogP contribution in [0.25, 0.3) is 0 Å². The van der Waals surface area contributed by atoms with Crippen molar-refractivity contribution in [3.8, 4) is 12.3 Å². The van der Waals surface area contributed by atoms with Crippen molar-refractivity contribution in [2.24, 2.45) is 0 Å². The molecule has 0 radical (unpaired) electrons. The van der Waals surface area contributed by atoms with Crippen molar-refractivity contribution in [1.29, 1.82) is 0 Å². The number of alkyl halides is 5. The first-order chi connectivity index (χ1) is 6.70. The highest BCUT2D eigenvalue weighted by Crippen LogP contribution is 2.35. The van der Waals surface area contributed by atoms with Crippen LogP contribution in [0, 0.1) is 12.3 Å². The minimum Gasteiger partial charge on any atom is -0.427 e.